The van der Waals surface area contributed by atoms with E-state index in [9.17, 15) is 0 Å². The zero-order chi connectivity index (χ0) is 16.8. The Morgan fingerprint density at radius 2 is 1.96 bits per heavy atom. The van der Waals surface area contributed by atoms with Gasteiger partial charge in [0.05, 0.1) is 0 Å². The summed E-state index contributed by atoms with van der Waals surface area (Å²) in [7, 11) is 0. The van der Waals surface area contributed by atoms with Crippen molar-refractivity contribution in [3.8, 4) is 11.1 Å². The lowest BCUT2D eigenvalue weighted by atomic mass is 10.1. The summed E-state index contributed by atoms with van der Waals surface area (Å²) in [5.41, 5.74) is 3.30. The molecule has 0 saturated carbocycles. The molecule has 0 aliphatic carbocycles. The molecule has 0 bridgehead atoms. The Hall–Kier alpha value is -2.33. The van der Waals surface area contributed by atoms with Gasteiger partial charge in [-0.15, -0.1) is 5.16 Å². The predicted molar refractivity (Wildman–Crippen MR) is 98.9 cm³/mol. The summed E-state index contributed by atoms with van der Waals surface area (Å²) < 4.78 is 2.29. The quantitative estimate of drug-likeness (QED) is 0.206. The SMILES string of the molecule is O/N=C/CCCCCn1cc(-c2cccnc2Cl)c2ccccc21. The highest BCUT2D eigenvalue weighted by Crippen LogP contribution is 2.34. The summed E-state index contributed by atoms with van der Waals surface area (Å²) >= 11 is 6.29. The zero-order valence-electron chi connectivity index (χ0n) is 13.4. The molecule has 0 spiro atoms. The molecule has 5 heteroatoms. The van der Waals surface area contributed by atoms with Crippen molar-refractivity contribution in [1.82, 2.24) is 9.55 Å². The zero-order valence-corrected chi connectivity index (χ0v) is 14.2. The first-order valence-corrected chi connectivity index (χ1v) is 8.53. The number of unbranched alkanes of at least 4 members (excludes halogenated alkanes) is 3. The van der Waals surface area contributed by atoms with Crippen LogP contribution in [0.2, 0.25) is 5.15 Å². The van der Waals surface area contributed by atoms with E-state index in [1.807, 2.05) is 12.1 Å². The Kier molecular flexibility index (Phi) is 5.49. The number of hydrogen-bond donors (Lipinski definition) is 1. The predicted octanol–water partition coefficient (Wildman–Crippen LogP) is 5.38. The minimum Gasteiger partial charge on any atom is -0.411 e. The lowest BCUT2D eigenvalue weighted by molar-refractivity contribution is 0.320. The molecule has 24 heavy (non-hydrogen) atoms. The molecular formula is C19H20ClN3O. The normalized spacial score (nSPS) is 11.5. The number of nitrogens with zero attached hydrogens (tertiary/aromatic N) is 3. The van der Waals surface area contributed by atoms with E-state index >= 15 is 0 Å². The number of pyridine rings is 1. The van der Waals surface area contributed by atoms with Crippen molar-refractivity contribution < 1.29 is 5.21 Å². The van der Waals surface area contributed by atoms with Crippen LogP contribution in [0.4, 0.5) is 0 Å². The Labute approximate surface area is 146 Å². The molecule has 2 aromatic heterocycles. The molecule has 0 aliphatic heterocycles. The monoisotopic (exact) mass is 341 g/mol. The van der Waals surface area contributed by atoms with Crippen LogP contribution in [-0.4, -0.2) is 21.0 Å². The average Bonchev–Trinajstić information content (AvgIpc) is 2.97. The van der Waals surface area contributed by atoms with Gasteiger partial charge in [0.1, 0.15) is 5.15 Å². The van der Waals surface area contributed by atoms with Crippen molar-refractivity contribution in [2.75, 3.05) is 0 Å². The van der Waals surface area contributed by atoms with E-state index in [0.717, 1.165) is 43.4 Å². The Bertz CT molecular complexity index is 841. The molecule has 1 aromatic carbocycles. The van der Waals surface area contributed by atoms with Crippen LogP contribution in [0.25, 0.3) is 22.0 Å². The fourth-order valence-corrected chi connectivity index (χ4v) is 3.21. The van der Waals surface area contributed by atoms with Crippen molar-refractivity contribution in [2.45, 2.75) is 32.2 Å². The van der Waals surface area contributed by atoms with Crippen molar-refractivity contribution in [3.05, 3.63) is 53.9 Å². The molecule has 4 nitrogen and oxygen atoms in total. The highest BCUT2D eigenvalue weighted by Gasteiger charge is 2.12. The fourth-order valence-electron chi connectivity index (χ4n) is 2.99. The summed E-state index contributed by atoms with van der Waals surface area (Å²) in [6.07, 6.45) is 9.46. The molecule has 3 rings (SSSR count). The van der Waals surface area contributed by atoms with E-state index in [2.05, 4.69) is 45.2 Å². The molecule has 0 atom stereocenters. The smallest absolute Gasteiger partial charge is 0.136 e. The van der Waals surface area contributed by atoms with E-state index in [-0.39, 0.29) is 0 Å². The largest absolute Gasteiger partial charge is 0.411 e. The van der Waals surface area contributed by atoms with Crippen LogP contribution in [0.1, 0.15) is 25.7 Å². The van der Waals surface area contributed by atoms with Crippen LogP contribution in [0.15, 0.2) is 53.9 Å². The van der Waals surface area contributed by atoms with E-state index in [0.29, 0.717) is 5.15 Å². The third kappa shape index (κ3) is 3.60. The van der Waals surface area contributed by atoms with E-state index in [1.54, 1.807) is 12.4 Å². The van der Waals surface area contributed by atoms with Gasteiger partial charge in [0.2, 0.25) is 0 Å². The van der Waals surface area contributed by atoms with Crippen LogP contribution in [0, 0.1) is 0 Å². The van der Waals surface area contributed by atoms with Crippen molar-refractivity contribution in [3.63, 3.8) is 0 Å². The highest BCUT2D eigenvalue weighted by molar-refractivity contribution is 6.32. The molecule has 0 saturated heterocycles. The molecule has 0 unspecified atom stereocenters. The van der Waals surface area contributed by atoms with Crippen LogP contribution >= 0.6 is 11.6 Å². The molecule has 0 radical (unpaired) electrons. The van der Waals surface area contributed by atoms with Crippen molar-refractivity contribution in [1.29, 1.82) is 0 Å². The lowest BCUT2D eigenvalue weighted by Crippen LogP contribution is -1.96. The Balaban J connectivity index is 1.83. The highest BCUT2D eigenvalue weighted by atomic mass is 35.5. The van der Waals surface area contributed by atoms with Gasteiger partial charge in [-0.05, 0) is 37.5 Å². The average molecular weight is 342 g/mol. The molecule has 3 aromatic rings. The minimum absolute atomic E-state index is 0.531. The number of rotatable bonds is 7. The van der Waals surface area contributed by atoms with Gasteiger partial charge in [-0.1, -0.05) is 36.2 Å². The summed E-state index contributed by atoms with van der Waals surface area (Å²) in [4.78, 5) is 4.20. The molecule has 2 heterocycles. The number of aromatic nitrogens is 2. The van der Waals surface area contributed by atoms with Crippen molar-refractivity contribution >= 4 is 28.7 Å². The molecule has 0 amide bonds. The summed E-state index contributed by atoms with van der Waals surface area (Å²) in [5.74, 6) is 0. The third-order valence-corrected chi connectivity index (χ3v) is 4.45. The molecule has 1 N–H and O–H groups in total. The molecular weight excluding hydrogens is 322 g/mol. The Morgan fingerprint density at radius 3 is 2.79 bits per heavy atom. The van der Waals surface area contributed by atoms with Crippen LogP contribution in [0.3, 0.4) is 0 Å². The maximum atomic E-state index is 8.40. The number of aryl methyl sites for hydroxylation is 1. The first-order valence-electron chi connectivity index (χ1n) is 8.16. The lowest BCUT2D eigenvalue weighted by Gasteiger charge is -2.04. The standard InChI is InChI=1S/C19H20ClN3O/c20-19-16(9-7-11-21-19)17-14-23(13-6-2-1-5-12-22-24)18-10-4-3-8-15(17)18/h3-4,7-12,14,24H,1-2,5-6,13H2/b22-12+. The number of fused-ring (bicyclic) bond motifs is 1. The van der Waals surface area contributed by atoms with E-state index in [4.69, 9.17) is 16.8 Å². The summed E-state index contributed by atoms with van der Waals surface area (Å²) in [6, 6.07) is 12.3. The van der Waals surface area contributed by atoms with Gasteiger partial charge >= 0.3 is 0 Å². The summed E-state index contributed by atoms with van der Waals surface area (Å²) in [6.45, 7) is 0.953. The first kappa shape index (κ1) is 16.5. The molecule has 124 valence electrons. The number of benzene rings is 1. The minimum atomic E-state index is 0.531. The second kappa shape index (κ2) is 7.97. The number of oxime groups is 1. The van der Waals surface area contributed by atoms with E-state index < -0.39 is 0 Å². The second-order valence-electron chi connectivity index (χ2n) is 5.74. The maximum absolute atomic E-state index is 8.40. The summed E-state index contributed by atoms with van der Waals surface area (Å²) in [5, 5.41) is 13.2. The van der Waals surface area contributed by atoms with Gasteiger partial charge in [0.25, 0.3) is 0 Å². The number of para-hydroxylation sites is 1. The van der Waals surface area contributed by atoms with Crippen molar-refractivity contribution in [2.24, 2.45) is 5.16 Å². The number of halogens is 1. The van der Waals surface area contributed by atoms with Crippen LogP contribution < -0.4 is 0 Å². The van der Waals surface area contributed by atoms with Crippen LogP contribution in [-0.2, 0) is 6.54 Å². The van der Waals surface area contributed by atoms with Gasteiger partial charge in [-0.25, -0.2) is 4.98 Å². The molecule has 0 aliphatic rings. The van der Waals surface area contributed by atoms with Gasteiger partial charge in [-0.2, -0.15) is 0 Å². The molecule has 0 fully saturated rings. The maximum Gasteiger partial charge on any atom is 0.136 e. The third-order valence-electron chi connectivity index (χ3n) is 4.15. The van der Waals surface area contributed by atoms with Gasteiger partial charge in [-0.3, -0.25) is 0 Å². The van der Waals surface area contributed by atoms with Gasteiger partial charge in [0.15, 0.2) is 0 Å². The Morgan fingerprint density at radius 1 is 1.08 bits per heavy atom. The number of hydrogen-bond acceptors (Lipinski definition) is 3. The van der Waals surface area contributed by atoms with Gasteiger partial charge < -0.3 is 9.77 Å². The first-order chi connectivity index (χ1) is 11.8. The topological polar surface area (TPSA) is 50.4 Å². The van der Waals surface area contributed by atoms with Crippen LogP contribution in [0.5, 0.6) is 0 Å². The van der Waals surface area contributed by atoms with E-state index in [1.165, 1.54) is 10.9 Å². The second-order valence-corrected chi connectivity index (χ2v) is 6.10. The van der Waals surface area contributed by atoms with Gasteiger partial charge in [0, 0.05) is 47.2 Å². The fraction of sp³-hybridized carbons (Fsp3) is 0.263.